The van der Waals surface area contributed by atoms with E-state index in [4.69, 9.17) is 4.42 Å². The first-order valence-corrected chi connectivity index (χ1v) is 11.8. The van der Waals surface area contributed by atoms with E-state index < -0.39 is 10.0 Å². The second-order valence-corrected chi connectivity index (χ2v) is 8.99. The van der Waals surface area contributed by atoms with Crippen molar-refractivity contribution in [3.8, 4) is 0 Å². The Balaban J connectivity index is 1.47. The van der Waals surface area contributed by atoms with Crippen molar-refractivity contribution in [2.75, 3.05) is 39.8 Å². The molecule has 8 nitrogen and oxygen atoms in total. The molecule has 30 heavy (non-hydrogen) atoms. The van der Waals surface area contributed by atoms with E-state index in [-0.39, 0.29) is 17.5 Å². The normalized spacial score (nSPS) is 16.9. The minimum absolute atomic E-state index is 0.135. The van der Waals surface area contributed by atoms with E-state index in [0.29, 0.717) is 19.0 Å². The van der Waals surface area contributed by atoms with Crippen molar-refractivity contribution in [1.29, 1.82) is 0 Å². The van der Waals surface area contributed by atoms with Crippen LogP contribution in [0.25, 0.3) is 0 Å². The van der Waals surface area contributed by atoms with Crippen LogP contribution in [-0.2, 0) is 10.0 Å². The van der Waals surface area contributed by atoms with E-state index in [0.717, 1.165) is 18.8 Å². The molecule has 0 bridgehead atoms. The number of hydrogen-bond acceptors (Lipinski definition) is 5. The predicted octanol–water partition coefficient (Wildman–Crippen LogP) is 1.95. The molecular formula is C21H31N5O3S. The van der Waals surface area contributed by atoms with Gasteiger partial charge in [0.2, 0.25) is 10.0 Å². The van der Waals surface area contributed by atoms with Gasteiger partial charge in [0.25, 0.3) is 0 Å². The Morgan fingerprint density at radius 3 is 2.50 bits per heavy atom. The third kappa shape index (κ3) is 6.32. The zero-order valence-corrected chi connectivity index (χ0v) is 18.2. The number of hydrogen-bond donors (Lipinski definition) is 3. The molecule has 0 amide bonds. The summed E-state index contributed by atoms with van der Waals surface area (Å²) in [6.07, 6.45) is 5.38. The van der Waals surface area contributed by atoms with Crippen LogP contribution in [0.2, 0.25) is 0 Å². The van der Waals surface area contributed by atoms with E-state index in [1.54, 1.807) is 43.6 Å². The van der Waals surface area contributed by atoms with Crippen molar-refractivity contribution < 1.29 is 12.8 Å². The average molecular weight is 434 g/mol. The number of benzene rings is 1. The zero-order chi connectivity index (χ0) is 21.2. The third-order valence-electron chi connectivity index (χ3n) is 5.15. The van der Waals surface area contributed by atoms with E-state index in [1.165, 1.54) is 19.3 Å². The fourth-order valence-corrected chi connectivity index (χ4v) is 4.64. The molecule has 1 unspecified atom stereocenters. The third-order valence-corrected chi connectivity index (χ3v) is 6.63. The van der Waals surface area contributed by atoms with Gasteiger partial charge in [-0.2, -0.15) is 0 Å². The van der Waals surface area contributed by atoms with Crippen LogP contribution >= 0.6 is 0 Å². The second kappa shape index (κ2) is 11.1. The highest BCUT2D eigenvalue weighted by Gasteiger charge is 2.24. The topological polar surface area (TPSA) is 99.0 Å². The first-order chi connectivity index (χ1) is 14.6. The first kappa shape index (κ1) is 22.3. The fraction of sp³-hybridized carbons (Fsp3) is 0.476. The number of guanidine groups is 1. The molecule has 1 aliphatic heterocycles. The van der Waals surface area contributed by atoms with E-state index in [1.807, 2.05) is 12.1 Å². The van der Waals surface area contributed by atoms with Crippen LogP contribution in [0.3, 0.4) is 0 Å². The fourth-order valence-electron chi connectivity index (χ4n) is 3.58. The number of piperidine rings is 1. The summed E-state index contributed by atoms with van der Waals surface area (Å²) < 4.78 is 32.8. The number of likely N-dealkylation sites (tertiary alicyclic amines) is 1. The molecule has 1 saturated heterocycles. The molecule has 3 rings (SSSR count). The van der Waals surface area contributed by atoms with Crippen LogP contribution in [0, 0.1) is 0 Å². The summed E-state index contributed by atoms with van der Waals surface area (Å²) in [6, 6.07) is 12.4. The quantitative estimate of drug-likeness (QED) is 0.318. The Morgan fingerprint density at radius 1 is 1.07 bits per heavy atom. The maximum atomic E-state index is 12.3. The van der Waals surface area contributed by atoms with Gasteiger partial charge in [-0.25, -0.2) is 13.1 Å². The molecule has 2 aromatic rings. The smallest absolute Gasteiger partial charge is 0.240 e. The Bertz CT molecular complexity index is 879. The van der Waals surface area contributed by atoms with Crippen LogP contribution in [0.1, 0.15) is 31.1 Å². The van der Waals surface area contributed by atoms with E-state index in [2.05, 4.69) is 25.2 Å². The van der Waals surface area contributed by atoms with Crippen LogP contribution in [0.5, 0.6) is 0 Å². The molecule has 1 aromatic heterocycles. The van der Waals surface area contributed by atoms with Crippen LogP contribution < -0.4 is 15.4 Å². The van der Waals surface area contributed by atoms with Gasteiger partial charge >= 0.3 is 0 Å². The van der Waals surface area contributed by atoms with Crippen molar-refractivity contribution in [1.82, 2.24) is 20.3 Å². The van der Waals surface area contributed by atoms with Gasteiger partial charge in [0, 0.05) is 26.7 Å². The van der Waals surface area contributed by atoms with Gasteiger partial charge in [0.15, 0.2) is 5.96 Å². The molecule has 1 aromatic carbocycles. The molecule has 1 aliphatic rings. The van der Waals surface area contributed by atoms with Gasteiger partial charge in [0.1, 0.15) is 5.76 Å². The van der Waals surface area contributed by atoms with Crippen LogP contribution in [-0.4, -0.2) is 59.0 Å². The lowest BCUT2D eigenvalue weighted by Gasteiger charge is -2.33. The SMILES string of the molecule is CN=C(NCCNS(=O)(=O)c1ccccc1)NCC(c1ccco1)N1CCCCC1. The van der Waals surface area contributed by atoms with Gasteiger partial charge in [-0.3, -0.25) is 9.89 Å². The molecule has 0 spiro atoms. The lowest BCUT2D eigenvalue weighted by atomic mass is 10.1. The Morgan fingerprint density at radius 2 is 1.83 bits per heavy atom. The van der Waals surface area contributed by atoms with E-state index in [9.17, 15) is 8.42 Å². The zero-order valence-electron chi connectivity index (χ0n) is 17.4. The molecule has 2 heterocycles. The summed E-state index contributed by atoms with van der Waals surface area (Å²) >= 11 is 0. The Hall–Kier alpha value is -2.36. The summed E-state index contributed by atoms with van der Waals surface area (Å²) in [6.45, 7) is 3.44. The lowest BCUT2D eigenvalue weighted by Crippen LogP contribution is -2.45. The minimum Gasteiger partial charge on any atom is -0.468 e. The molecule has 0 saturated carbocycles. The Kier molecular flexibility index (Phi) is 8.30. The summed E-state index contributed by atoms with van der Waals surface area (Å²) in [4.78, 5) is 6.95. The largest absolute Gasteiger partial charge is 0.468 e. The van der Waals surface area contributed by atoms with Crippen molar-refractivity contribution >= 4 is 16.0 Å². The van der Waals surface area contributed by atoms with Crippen molar-refractivity contribution in [3.63, 3.8) is 0 Å². The summed E-state index contributed by atoms with van der Waals surface area (Å²) in [5.74, 6) is 1.57. The molecule has 164 valence electrons. The van der Waals surface area contributed by atoms with Gasteiger partial charge in [0.05, 0.1) is 17.2 Å². The molecule has 0 radical (unpaired) electrons. The van der Waals surface area contributed by atoms with Gasteiger partial charge in [-0.15, -0.1) is 0 Å². The van der Waals surface area contributed by atoms with Crippen LogP contribution in [0.15, 0.2) is 63.0 Å². The van der Waals surface area contributed by atoms with E-state index >= 15 is 0 Å². The number of sulfonamides is 1. The highest BCUT2D eigenvalue weighted by atomic mass is 32.2. The maximum Gasteiger partial charge on any atom is 0.240 e. The summed E-state index contributed by atoms with van der Waals surface area (Å²) in [7, 11) is -1.80. The van der Waals surface area contributed by atoms with Gasteiger partial charge in [-0.1, -0.05) is 24.6 Å². The molecular weight excluding hydrogens is 402 g/mol. The number of nitrogens with one attached hydrogen (secondary N) is 3. The molecule has 0 aliphatic carbocycles. The molecule has 9 heteroatoms. The number of rotatable bonds is 9. The summed E-state index contributed by atoms with van der Waals surface area (Å²) in [5, 5.41) is 6.50. The van der Waals surface area contributed by atoms with Crippen molar-refractivity contribution in [3.05, 3.63) is 54.5 Å². The highest BCUT2D eigenvalue weighted by Crippen LogP contribution is 2.24. The minimum atomic E-state index is -3.50. The number of furan rings is 1. The Labute approximate surface area is 178 Å². The molecule has 1 fully saturated rings. The standard InChI is InChI=1S/C21H31N5O3S/c1-22-21(23-12-13-25-30(27,28)18-9-4-2-5-10-18)24-17-19(20-11-8-16-29-20)26-14-6-3-7-15-26/h2,4-5,8-11,16,19,25H,3,6-7,12-15,17H2,1H3,(H2,22,23,24). The lowest BCUT2D eigenvalue weighted by molar-refractivity contribution is 0.146. The van der Waals surface area contributed by atoms with Crippen LogP contribution in [0.4, 0.5) is 0 Å². The number of aliphatic imine (C=N–C) groups is 1. The average Bonchev–Trinajstić information content (AvgIpc) is 3.31. The van der Waals surface area contributed by atoms with Gasteiger partial charge < -0.3 is 15.1 Å². The highest BCUT2D eigenvalue weighted by molar-refractivity contribution is 7.89. The predicted molar refractivity (Wildman–Crippen MR) is 118 cm³/mol. The van der Waals surface area contributed by atoms with Crippen molar-refractivity contribution in [2.24, 2.45) is 4.99 Å². The van der Waals surface area contributed by atoms with Gasteiger partial charge in [-0.05, 0) is 50.2 Å². The van der Waals surface area contributed by atoms with Crippen molar-refractivity contribution in [2.45, 2.75) is 30.2 Å². The first-order valence-electron chi connectivity index (χ1n) is 10.4. The maximum absolute atomic E-state index is 12.3. The monoisotopic (exact) mass is 433 g/mol. The second-order valence-electron chi connectivity index (χ2n) is 7.22. The molecule has 1 atom stereocenters. The molecule has 3 N–H and O–H groups in total. The summed E-state index contributed by atoms with van der Waals surface area (Å²) in [5.41, 5.74) is 0. The number of nitrogens with zero attached hydrogens (tertiary/aromatic N) is 2.